The van der Waals surface area contributed by atoms with Crippen molar-refractivity contribution < 1.29 is 62.6 Å². The zero-order valence-corrected chi connectivity index (χ0v) is 57.8. The molecule has 0 unspecified atom stereocenters. The molecule has 0 bridgehead atoms. The first kappa shape index (κ1) is 84.6. The molecule has 0 aliphatic carbocycles. The number of unbranched alkanes of at least 4 members (excludes halogenated alkanes) is 1. The van der Waals surface area contributed by atoms with Gasteiger partial charge in [-0.25, -0.2) is 4.79 Å². The molecule has 1 aromatic heterocycles. The Morgan fingerprint density at radius 3 is 1.38 bits per heavy atom. The van der Waals surface area contributed by atoms with E-state index in [-0.39, 0.29) is 121 Å². The predicted molar refractivity (Wildman–Crippen MR) is 379 cm³/mol. The van der Waals surface area contributed by atoms with Crippen molar-refractivity contribution in [2.45, 2.75) is 191 Å². The number of carbonyl (C=O) groups excluding carboxylic acids is 11. The fourth-order valence-corrected chi connectivity index (χ4v) is 10.6. The first-order valence-corrected chi connectivity index (χ1v) is 33.6. The van der Waals surface area contributed by atoms with Gasteiger partial charge >= 0.3 is 5.97 Å². The Morgan fingerprint density at radius 2 is 0.891 bits per heavy atom. The smallest absolute Gasteiger partial charge is 0.326 e. The molecule has 0 radical (unpaired) electrons. The van der Waals surface area contributed by atoms with Crippen molar-refractivity contribution in [2.75, 3.05) is 26.2 Å². The van der Waals surface area contributed by atoms with Crippen LogP contribution in [0.2, 0.25) is 0 Å². The lowest BCUT2D eigenvalue weighted by molar-refractivity contribution is -0.142. The van der Waals surface area contributed by atoms with Gasteiger partial charge in [0.05, 0.1) is 12.5 Å². The molecule has 3 aromatic rings. The van der Waals surface area contributed by atoms with Gasteiger partial charge in [0, 0.05) is 49.6 Å². The van der Waals surface area contributed by atoms with Gasteiger partial charge in [0.25, 0.3) is 0 Å². The Labute approximate surface area is 586 Å². The van der Waals surface area contributed by atoms with Crippen LogP contribution in [0.15, 0.2) is 75.8 Å². The minimum Gasteiger partial charge on any atom is -0.480 e. The SMILES string of the molecule is CC[C@H](C)[C@H](NC(=O)[C@H](CC(N)=O)NC(=O)[C@H](CCCN=C(N)N)NC(=O)[C@H](CCC(N)=O)NC(=O)[C@H](Cc1c[nH]c2ccccc12)NC(=O)[C@@H](N)Cc1ccccc1)C(=O)N[C@@H](CCCN=C(N)N)C(=O)N[C@@H](CCCCN)C(=O)N[C@@H](CC(C)C)C(=O)N[C@@H](CCCN=C(N)N)C(=O)O. The predicted octanol–water partition coefficient (Wildman–Crippen LogP) is -4.75. The molecule has 31 N–H and O–H groups in total. The third kappa shape index (κ3) is 31.8. The van der Waals surface area contributed by atoms with E-state index in [0.717, 1.165) is 16.5 Å². The lowest BCUT2D eigenvalue weighted by Crippen LogP contribution is -2.61. The molecule has 11 amide bonds. The van der Waals surface area contributed by atoms with Crippen molar-refractivity contribution in [3.8, 4) is 0 Å². The first-order valence-electron chi connectivity index (χ1n) is 33.6. The van der Waals surface area contributed by atoms with Crippen LogP contribution in [0.4, 0.5) is 0 Å². The molecule has 0 saturated heterocycles. The van der Waals surface area contributed by atoms with Crippen LogP contribution in [0.3, 0.4) is 0 Å². The zero-order chi connectivity index (χ0) is 75.3. The summed E-state index contributed by atoms with van der Waals surface area (Å²) in [6.07, 6.45) is 0.571. The highest BCUT2D eigenvalue weighted by Gasteiger charge is 2.38. The maximum absolute atomic E-state index is 14.7. The number of benzene rings is 2. The molecular weight excluding hydrogens is 1310 g/mol. The van der Waals surface area contributed by atoms with Gasteiger partial charge < -0.3 is 115 Å². The molecule has 0 saturated carbocycles. The molecular formula is C65H105N23O13. The van der Waals surface area contributed by atoms with Crippen LogP contribution < -0.4 is 105 Å². The molecule has 1 heterocycles. The van der Waals surface area contributed by atoms with Crippen molar-refractivity contribution in [3.63, 3.8) is 0 Å². The number of aliphatic imine (C=N–C) groups is 3. The Hall–Kier alpha value is -10.6. The van der Waals surface area contributed by atoms with Crippen LogP contribution in [0.5, 0.6) is 0 Å². The number of nitrogens with two attached hydrogens (primary N) is 10. The topological polar surface area (TPSA) is 646 Å². The number of hydrogen-bond donors (Lipinski definition) is 21. The number of H-pyrrole nitrogens is 1. The summed E-state index contributed by atoms with van der Waals surface area (Å²) in [5.74, 6) is -13.4. The van der Waals surface area contributed by atoms with E-state index < -0.39 is 157 Å². The number of carboxylic acid groups (broad SMARTS) is 1. The number of fused-ring (bicyclic) bond motifs is 1. The zero-order valence-electron chi connectivity index (χ0n) is 57.8. The van der Waals surface area contributed by atoms with Crippen molar-refractivity contribution in [1.29, 1.82) is 0 Å². The second-order valence-electron chi connectivity index (χ2n) is 25.0. The number of aliphatic carboxylic acids is 1. The van der Waals surface area contributed by atoms with E-state index in [1.54, 1.807) is 82.4 Å². The highest BCUT2D eigenvalue weighted by molar-refractivity contribution is 6.00. The Morgan fingerprint density at radius 1 is 0.465 bits per heavy atom. The molecule has 0 aliphatic heterocycles. The van der Waals surface area contributed by atoms with Crippen LogP contribution in [0.1, 0.15) is 129 Å². The number of aromatic nitrogens is 1. The standard InChI is InChI=1S/C65H105N23O13/c1-5-36(4)52(61(99)83-44(22-14-28-77-64(72)73)54(92)80-42(20-11-12-26-66)55(93)86-47(30-35(2)3)58(96)84-46(62(100)101)23-15-29-78-65(74)75)88-60(98)49(33-51(69)90)87-56(94)43(21-13-27-76-63(70)71)81-57(95)45(24-25-50(68)89)82-59(97)48(32-38-34-79-41-19-10-9-18-39(38)41)85-53(91)40(67)31-37-16-7-6-8-17-37/h6-10,16-19,34-36,40,42-49,52,79H,5,11-15,20-33,66-67H2,1-4H3,(H2,68,89)(H2,69,90)(H,80,92)(H,81,95)(H,82,97)(H,83,99)(H,84,96)(H,85,91)(H,86,93)(H,87,94)(H,88,98)(H,100,101)(H4,70,71,76)(H4,72,73,77)(H4,74,75,78)/t36-,40-,42-,43-,44-,45-,46-,47-,48-,49-,52-/m0/s1. The molecule has 0 fully saturated rings. The summed E-state index contributed by atoms with van der Waals surface area (Å²) in [6, 6.07) is 1.43. The summed E-state index contributed by atoms with van der Waals surface area (Å²) < 4.78 is 0. The fourth-order valence-electron chi connectivity index (χ4n) is 10.6. The van der Waals surface area contributed by atoms with Crippen LogP contribution in [0.25, 0.3) is 10.9 Å². The molecule has 36 heteroatoms. The minimum atomic E-state index is -1.86. The number of primary amides is 2. The second kappa shape index (κ2) is 44.4. The van der Waals surface area contributed by atoms with E-state index >= 15 is 0 Å². The van der Waals surface area contributed by atoms with Crippen LogP contribution in [0, 0.1) is 11.8 Å². The summed E-state index contributed by atoms with van der Waals surface area (Å²) in [6.45, 7) is 6.99. The fraction of sp³-hybridized carbons (Fsp3) is 0.554. The number of rotatable bonds is 48. The van der Waals surface area contributed by atoms with E-state index in [0.29, 0.717) is 18.4 Å². The molecule has 3 rings (SSSR count). The highest BCUT2D eigenvalue weighted by atomic mass is 16.4. The van der Waals surface area contributed by atoms with Gasteiger partial charge in [-0.15, -0.1) is 0 Å². The number of carboxylic acids is 1. The molecule has 0 spiro atoms. The maximum atomic E-state index is 14.7. The number of nitrogens with zero attached hydrogens (tertiary/aromatic N) is 3. The molecule has 11 atom stereocenters. The highest BCUT2D eigenvalue weighted by Crippen LogP contribution is 2.21. The third-order valence-electron chi connectivity index (χ3n) is 16.1. The second-order valence-corrected chi connectivity index (χ2v) is 25.0. The Kier molecular flexibility index (Phi) is 37.2. The maximum Gasteiger partial charge on any atom is 0.326 e. The van der Waals surface area contributed by atoms with Gasteiger partial charge in [-0.1, -0.05) is 82.6 Å². The Bertz CT molecular complexity index is 3340. The van der Waals surface area contributed by atoms with Crippen molar-refractivity contribution in [1.82, 2.24) is 52.8 Å². The average molecular weight is 1420 g/mol. The number of nitrogens with one attached hydrogen (secondary N) is 10. The van der Waals surface area contributed by atoms with E-state index in [1.807, 2.05) is 6.07 Å². The normalized spacial score (nSPS) is 14.3. The van der Waals surface area contributed by atoms with Gasteiger partial charge in [0.2, 0.25) is 65.0 Å². The van der Waals surface area contributed by atoms with Crippen LogP contribution >= 0.6 is 0 Å². The summed E-state index contributed by atoms with van der Waals surface area (Å²) in [4.78, 5) is 182. The molecule has 2 aromatic carbocycles. The summed E-state index contributed by atoms with van der Waals surface area (Å²) in [5, 5.41) is 34.0. The number of carbonyl (C=O) groups is 12. The number of hydrogen-bond acceptors (Lipinski definition) is 17. The van der Waals surface area contributed by atoms with Crippen LogP contribution in [-0.2, 0) is 70.4 Å². The van der Waals surface area contributed by atoms with E-state index in [4.69, 9.17) is 57.3 Å². The third-order valence-corrected chi connectivity index (χ3v) is 16.1. The molecule has 36 nitrogen and oxygen atoms in total. The number of para-hydroxylation sites is 1. The van der Waals surface area contributed by atoms with Gasteiger partial charge in [-0.3, -0.25) is 67.7 Å². The quantitative estimate of drug-likeness (QED) is 0.0143. The summed E-state index contributed by atoms with van der Waals surface area (Å²) >= 11 is 0. The van der Waals surface area contributed by atoms with Crippen molar-refractivity contribution in [2.24, 2.45) is 84.1 Å². The van der Waals surface area contributed by atoms with Crippen molar-refractivity contribution in [3.05, 3.63) is 71.9 Å². The molecule has 0 aliphatic rings. The number of aromatic amines is 1. The largest absolute Gasteiger partial charge is 0.480 e. The van der Waals surface area contributed by atoms with Gasteiger partial charge in [-0.2, -0.15) is 0 Å². The lowest BCUT2D eigenvalue weighted by Gasteiger charge is -2.30. The summed E-state index contributed by atoms with van der Waals surface area (Å²) in [5.41, 5.74) is 58.5. The lowest BCUT2D eigenvalue weighted by atomic mass is 9.96. The summed E-state index contributed by atoms with van der Waals surface area (Å²) in [7, 11) is 0. The Balaban J connectivity index is 2.00. The monoisotopic (exact) mass is 1420 g/mol. The minimum absolute atomic E-state index is 0.00545. The first-order chi connectivity index (χ1) is 47.8. The molecule has 101 heavy (non-hydrogen) atoms. The van der Waals surface area contributed by atoms with E-state index in [2.05, 4.69) is 67.8 Å². The number of amides is 11. The van der Waals surface area contributed by atoms with Gasteiger partial charge in [-0.05, 0) is 113 Å². The van der Waals surface area contributed by atoms with Crippen LogP contribution in [-0.4, -0.2) is 186 Å². The number of guanidine groups is 3. The average Bonchev–Trinajstić information content (AvgIpc) is 1.75. The molecule has 558 valence electrons. The van der Waals surface area contributed by atoms with E-state index in [1.165, 1.54) is 0 Å². The van der Waals surface area contributed by atoms with E-state index in [9.17, 15) is 62.6 Å². The van der Waals surface area contributed by atoms with Gasteiger partial charge in [0.15, 0.2) is 17.9 Å². The van der Waals surface area contributed by atoms with Crippen molar-refractivity contribution >= 4 is 99.7 Å². The van der Waals surface area contributed by atoms with Gasteiger partial charge in [0.1, 0.15) is 54.4 Å².